The molecular weight excluding hydrogens is 368 g/mol. The van der Waals surface area contributed by atoms with Crippen LogP contribution in [0.25, 0.3) is 0 Å². The molecule has 0 unspecified atom stereocenters. The van der Waals surface area contributed by atoms with E-state index in [0.29, 0.717) is 13.2 Å². The molecule has 0 spiro atoms. The summed E-state index contributed by atoms with van der Waals surface area (Å²) in [5.41, 5.74) is 4.66. The monoisotopic (exact) mass is 402 g/mol. The summed E-state index contributed by atoms with van der Waals surface area (Å²) in [7, 11) is 0. The molecule has 2 heteroatoms. The first-order valence-corrected chi connectivity index (χ1v) is 10.7. The Morgan fingerprint density at radius 3 is 1.57 bits per heavy atom. The summed E-state index contributed by atoms with van der Waals surface area (Å²) in [6.07, 6.45) is 0. The smallest absolute Gasteiger partial charge is 0.165 e. The van der Waals surface area contributed by atoms with E-state index in [1.165, 1.54) is 11.1 Å². The lowest BCUT2D eigenvalue weighted by Crippen LogP contribution is -2.18. The summed E-state index contributed by atoms with van der Waals surface area (Å²) in [4.78, 5) is 0. The normalized spacial score (nSPS) is 11.9. The SMILES string of the molecule is CC(C)(C)c1cc(OCc2ccccc2)c(OCc2ccccc2)c(C(C)(C)C)c1. The molecule has 0 amide bonds. The Morgan fingerprint density at radius 2 is 1.10 bits per heavy atom. The fourth-order valence-electron chi connectivity index (χ4n) is 3.31. The van der Waals surface area contributed by atoms with E-state index in [9.17, 15) is 0 Å². The van der Waals surface area contributed by atoms with E-state index < -0.39 is 0 Å². The number of benzene rings is 3. The average molecular weight is 403 g/mol. The fourth-order valence-corrected chi connectivity index (χ4v) is 3.31. The largest absolute Gasteiger partial charge is 0.485 e. The van der Waals surface area contributed by atoms with Gasteiger partial charge in [0.2, 0.25) is 0 Å². The van der Waals surface area contributed by atoms with E-state index in [4.69, 9.17) is 9.47 Å². The van der Waals surface area contributed by atoms with Gasteiger partial charge >= 0.3 is 0 Å². The van der Waals surface area contributed by atoms with Crippen LogP contribution in [0.2, 0.25) is 0 Å². The van der Waals surface area contributed by atoms with Crippen molar-refractivity contribution in [2.75, 3.05) is 0 Å². The van der Waals surface area contributed by atoms with Gasteiger partial charge in [-0.15, -0.1) is 0 Å². The van der Waals surface area contributed by atoms with Crippen molar-refractivity contribution in [3.63, 3.8) is 0 Å². The van der Waals surface area contributed by atoms with E-state index in [0.717, 1.165) is 22.6 Å². The quantitative estimate of drug-likeness (QED) is 0.426. The van der Waals surface area contributed by atoms with Gasteiger partial charge in [-0.05, 0) is 33.6 Å². The highest BCUT2D eigenvalue weighted by molar-refractivity contribution is 5.53. The van der Waals surface area contributed by atoms with E-state index in [2.05, 4.69) is 77.9 Å². The lowest BCUT2D eigenvalue weighted by molar-refractivity contribution is 0.249. The Bertz CT molecular complexity index is 946. The number of hydrogen-bond donors (Lipinski definition) is 0. The van der Waals surface area contributed by atoms with E-state index in [1.807, 2.05) is 36.4 Å². The Balaban J connectivity index is 2.02. The second-order valence-corrected chi connectivity index (χ2v) is 9.90. The second kappa shape index (κ2) is 8.95. The van der Waals surface area contributed by atoms with Crippen molar-refractivity contribution in [3.05, 3.63) is 95.1 Å². The lowest BCUT2D eigenvalue weighted by Gasteiger charge is -2.29. The molecule has 3 rings (SSSR count). The minimum atomic E-state index is -0.0713. The summed E-state index contributed by atoms with van der Waals surface area (Å²) in [6, 6.07) is 25.0. The molecule has 0 aliphatic heterocycles. The van der Waals surface area contributed by atoms with Crippen LogP contribution in [0.15, 0.2) is 72.8 Å². The van der Waals surface area contributed by atoms with Gasteiger partial charge in [-0.3, -0.25) is 0 Å². The van der Waals surface area contributed by atoms with Gasteiger partial charge in [-0.1, -0.05) is 108 Å². The third-order valence-corrected chi connectivity index (χ3v) is 5.19. The third kappa shape index (κ3) is 5.66. The van der Waals surface area contributed by atoms with E-state index in [1.54, 1.807) is 0 Å². The Morgan fingerprint density at radius 1 is 0.600 bits per heavy atom. The fraction of sp³-hybridized carbons (Fsp3) is 0.357. The predicted molar refractivity (Wildman–Crippen MR) is 125 cm³/mol. The Kier molecular flexibility index (Phi) is 6.55. The molecule has 2 nitrogen and oxygen atoms in total. The van der Waals surface area contributed by atoms with Gasteiger partial charge in [0.25, 0.3) is 0 Å². The van der Waals surface area contributed by atoms with Gasteiger partial charge in [-0.2, -0.15) is 0 Å². The van der Waals surface area contributed by atoms with Crippen LogP contribution in [-0.4, -0.2) is 0 Å². The molecule has 0 fully saturated rings. The zero-order valence-electron chi connectivity index (χ0n) is 19.2. The van der Waals surface area contributed by atoms with Crippen molar-refractivity contribution < 1.29 is 9.47 Å². The highest BCUT2D eigenvalue weighted by Gasteiger charge is 2.27. The van der Waals surface area contributed by atoms with Gasteiger partial charge in [0, 0.05) is 5.56 Å². The van der Waals surface area contributed by atoms with Crippen LogP contribution >= 0.6 is 0 Å². The molecule has 0 aliphatic carbocycles. The summed E-state index contributed by atoms with van der Waals surface area (Å²) < 4.78 is 12.8. The van der Waals surface area contributed by atoms with Crippen LogP contribution in [0.3, 0.4) is 0 Å². The number of hydrogen-bond acceptors (Lipinski definition) is 2. The molecule has 0 radical (unpaired) electrons. The zero-order valence-corrected chi connectivity index (χ0v) is 19.2. The number of ether oxygens (including phenoxy) is 2. The Labute approximate surface area is 181 Å². The second-order valence-electron chi connectivity index (χ2n) is 9.90. The van der Waals surface area contributed by atoms with Crippen LogP contribution in [0.1, 0.15) is 63.8 Å². The molecule has 0 saturated heterocycles. The standard InChI is InChI=1S/C28H34O2/c1-27(2,3)23-17-24(28(4,5)6)26(30-20-22-15-11-8-12-16-22)25(18-23)29-19-21-13-9-7-10-14-21/h7-18H,19-20H2,1-6H3. The van der Waals surface area contributed by atoms with Crippen molar-refractivity contribution in [2.45, 2.75) is 65.6 Å². The van der Waals surface area contributed by atoms with Gasteiger partial charge in [0.15, 0.2) is 11.5 Å². The van der Waals surface area contributed by atoms with Crippen LogP contribution in [-0.2, 0) is 24.0 Å². The van der Waals surface area contributed by atoms with Crippen LogP contribution < -0.4 is 9.47 Å². The minimum absolute atomic E-state index is 0.0167. The van der Waals surface area contributed by atoms with Crippen LogP contribution in [0, 0.1) is 0 Å². The van der Waals surface area contributed by atoms with Gasteiger partial charge in [0.05, 0.1) is 0 Å². The van der Waals surface area contributed by atoms with Crippen molar-refractivity contribution in [1.29, 1.82) is 0 Å². The predicted octanol–water partition coefficient (Wildman–Crippen LogP) is 7.44. The molecule has 3 aromatic carbocycles. The van der Waals surface area contributed by atoms with Gasteiger partial charge in [0.1, 0.15) is 13.2 Å². The van der Waals surface area contributed by atoms with Crippen LogP contribution in [0.5, 0.6) is 11.5 Å². The topological polar surface area (TPSA) is 18.5 Å². The first kappa shape index (κ1) is 22.0. The maximum absolute atomic E-state index is 6.41. The van der Waals surface area contributed by atoms with Crippen molar-refractivity contribution >= 4 is 0 Å². The Hall–Kier alpha value is -2.74. The van der Waals surface area contributed by atoms with Gasteiger partial charge < -0.3 is 9.47 Å². The highest BCUT2D eigenvalue weighted by Crippen LogP contribution is 2.43. The first-order valence-electron chi connectivity index (χ1n) is 10.7. The van der Waals surface area contributed by atoms with Crippen molar-refractivity contribution in [3.8, 4) is 11.5 Å². The molecule has 30 heavy (non-hydrogen) atoms. The molecular formula is C28H34O2. The zero-order chi connectivity index (χ0) is 21.8. The first-order chi connectivity index (χ1) is 14.1. The maximum atomic E-state index is 6.41. The highest BCUT2D eigenvalue weighted by atomic mass is 16.5. The molecule has 158 valence electrons. The van der Waals surface area contributed by atoms with Crippen LogP contribution in [0.4, 0.5) is 0 Å². The molecule has 0 N–H and O–H groups in total. The van der Waals surface area contributed by atoms with Crippen molar-refractivity contribution in [2.24, 2.45) is 0 Å². The average Bonchev–Trinajstić information content (AvgIpc) is 2.70. The molecule has 0 aromatic heterocycles. The maximum Gasteiger partial charge on any atom is 0.165 e. The summed E-state index contributed by atoms with van der Waals surface area (Å²) in [6.45, 7) is 14.4. The number of rotatable bonds is 6. The molecule has 3 aromatic rings. The summed E-state index contributed by atoms with van der Waals surface area (Å²) in [5.74, 6) is 1.66. The third-order valence-electron chi connectivity index (χ3n) is 5.19. The van der Waals surface area contributed by atoms with E-state index in [-0.39, 0.29) is 10.8 Å². The summed E-state index contributed by atoms with van der Waals surface area (Å²) in [5, 5.41) is 0. The van der Waals surface area contributed by atoms with Crippen molar-refractivity contribution in [1.82, 2.24) is 0 Å². The molecule has 0 aliphatic rings. The molecule has 0 atom stereocenters. The molecule has 0 saturated carbocycles. The summed E-state index contributed by atoms with van der Waals surface area (Å²) >= 11 is 0. The lowest BCUT2D eigenvalue weighted by atomic mass is 9.80. The van der Waals surface area contributed by atoms with Gasteiger partial charge in [-0.25, -0.2) is 0 Å². The van der Waals surface area contributed by atoms with E-state index >= 15 is 0 Å². The molecule has 0 bridgehead atoms. The minimum Gasteiger partial charge on any atom is -0.485 e. The molecule has 0 heterocycles.